The van der Waals surface area contributed by atoms with Crippen molar-refractivity contribution in [1.82, 2.24) is 5.32 Å². The molecular weight excluding hydrogens is 343 g/mol. The summed E-state index contributed by atoms with van der Waals surface area (Å²) in [4.78, 5) is 12.9. The number of rotatable bonds is 3. The SMILES string of the molecule is CC1c2cc(Cl)ccc2NC1C(=O)NC1(c2ccc(Cl)cc2)CC1. The van der Waals surface area contributed by atoms with Crippen molar-refractivity contribution >= 4 is 34.8 Å². The van der Waals surface area contributed by atoms with E-state index < -0.39 is 0 Å². The van der Waals surface area contributed by atoms with E-state index in [4.69, 9.17) is 23.2 Å². The van der Waals surface area contributed by atoms with Crippen LogP contribution in [-0.2, 0) is 10.3 Å². The Labute approximate surface area is 151 Å². The highest BCUT2D eigenvalue weighted by atomic mass is 35.5. The highest BCUT2D eigenvalue weighted by molar-refractivity contribution is 6.31. The average molecular weight is 361 g/mol. The zero-order valence-corrected chi connectivity index (χ0v) is 14.8. The minimum Gasteiger partial charge on any atom is -0.373 e. The Morgan fingerprint density at radius 3 is 2.46 bits per heavy atom. The van der Waals surface area contributed by atoms with Gasteiger partial charge in [-0.1, -0.05) is 42.3 Å². The Kier molecular flexibility index (Phi) is 3.74. The fourth-order valence-corrected chi connectivity index (χ4v) is 3.81. The van der Waals surface area contributed by atoms with Gasteiger partial charge in [-0.15, -0.1) is 0 Å². The zero-order chi connectivity index (χ0) is 16.9. The maximum absolute atomic E-state index is 12.9. The van der Waals surface area contributed by atoms with Crippen molar-refractivity contribution in [1.29, 1.82) is 0 Å². The van der Waals surface area contributed by atoms with E-state index in [9.17, 15) is 4.79 Å². The number of halogens is 2. The smallest absolute Gasteiger partial charge is 0.243 e. The lowest BCUT2D eigenvalue weighted by Crippen LogP contribution is -2.45. The van der Waals surface area contributed by atoms with E-state index in [2.05, 4.69) is 17.6 Å². The summed E-state index contributed by atoms with van der Waals surface area (Å²) in [5.41, 5.74) is 2.96. The van der Waals surface area contributed by atoms with Gasteiger partial charge in [0.15, 0.2) is 0 Å². The molecule has 2 aromatic rings. The first kappa shape index (κ1) is 15.8. The van der Waals surface area contributed by atoms with Gasteiger partial charge >= 0.3 is 0 Å². The van der Waals surface area contributed by atoms with Gasteiger partial charge in [0.1, 0.15) is 6.04 Å². The predicted molar refractivity (Wildman–Crippen MR) is 97.8 cm³/mol. The summed E-state index contributed by atoms with van der Waals surface area (Å²) < 4.78 is 0. The lowest BCUT2D eigenvalue weighted by Gasteiger charge is -2.23. The van der Waals surface area contributed by atoms with Gasteiger partial charge in [-0.05, 0) is 54.3 Å². The molecule has 1 heterocycles. The van der Waals surface area contributed by atoms with Crippen LogP contribution in [0.4, 0.5) is 5.69 Å². The van der Waals surface area contributed by atoms with Crippen molar-refractivity contribution in [2.45, 2.75) is 37.3 Å². The fraction of sp³-hybridized carbons (Fsp3) is 0.316. The van der Waals surface area contributed by atoms with Crippen LogP contribution in [0.15, 0.2) is 42.5 Å². The molecule has 0 radical (unpaired) electrons. The number of nitrogens with one attached hydrogen (secondary N) is 2. The van der Waals surface area contributed by atoms with Gasteiger partial charge in [0, 0.05) is 21.7 Å². The predicted octanol–water partition coefficient (Wildman–Crippen LogP) is 4.70. The van der Waals surface area contributed by atoms with Crippen LogP contribution in [0.5, 0.6) is 0 Å². The van der Waals surface area contributed by atoms with Gasteiger partial charge in [-0.2, -0.15) is 0 Å². The second-order valence-electron chi connectivity index (χ2n) is 6.72. The van der Waals surface area contributed by atoms with Crippen molar-refractivity contribution in [3.63, 3.8) is 0 Å². The van der Waals surface area contributed by atoms with E-state index in [1.807, 2.05) is 42.5 Å². The van der Waals surface area contributed by atoms with Crippen LogP contribution < -0.4 is 10.6 Å². The molecule has 2 aliphatic rings. The van der Waals surface area contributed by atoms with Gasteiger partial charge in [0.2, 0.25) is 5.91 Å². The number of fused-ring (bicyclic) bond motifs is 1. The minimum atomic E-state index is -0.275. The van der Waals surface area contributed by atoms with Gasteiger partial charge in [0.05, 0.1) is 5.54 Å². The van der Waals surface area contributed by atoms with Crippen LogP contribution in [-0.4, -0.2) is 11.9 Å². The van der Waals surface area contributed by atoms with E-state index in [-0.39, 0.29) is 23.4 Å². The minimum absolute atomic E-state index is 0.0299. The molecule has 2 atom stereocenters. The van der Waals surface area contributed by atoms with Gasteiger partial charge < -0.3 is 10.6 Å². The molecule has 124 valence electrons. The highest BCUT2D eigenvalue weighted by Gasteiger charge is 2.47. The molecule has 1 aliphatic heterocycles. The van der Waals surface area contributed by atoms with Crippen LogP contribution >= 0.6 is 23.2 Å². The molecule has 0 aromatic heterocycles. The Hall–Kier alpha value is -1.71. The summed E-state index contributed by atoms with van der Waals surface area (Å²) in [7, 11) is 0. The molecule has 2 aromatic carbocycles. The summed E-state index contributed by atoms with van der Waals surface area (Å²) in [6.07, 6.45) is 1.92. The van der Waals surface area contributed by atoms with Crippen molar-refractivity contribution in [3.8, 4) is 0 Å². The molecule has 24 heavy (non-hydrogen) atoms. The molecule has 2 N–H and O–H groups in total. The molecule has 4 rings (SSSR count). The van der Waals surface area contributed by atoms with E-state index >= 15 is 0 Å². The zero-order valence-electron chi connectivity index (χ0n) is 13.3. The Balaban J connectivity index is 1.52. The number of anilines is 1. The first-order valence-electron chi connectivity index (χ1n) is 8.13. The number of amides is 1. The number of hydrogen-bond donors (Lipinski definition) is 2. The molecule has 0 bridgehead atoms. The molecule has 1 amide bonds. The van der Waals surface area contributed by atoms with Gasteiger partial charge in [-0.25, -0.2) is 0 Å². The summed E-state index contributed by atoms with van der Waals surface area (Å²) >= 11 is 12.1. The lowest BCUT2D eigenvalue weighted by atomic mass is 9.96. The Bertz CT molecular complexity index is 800. The van der Waals surface area contributed by atoms with Crippen LogP contribution in [0, 0.1) is 0 Å². The summed E-state index contributed by atoms with van der Waals surface area (Å²) in [5, 5.41) is 7.98. The Morgan fingerprint density at radius 1 is 1.12 bits per heavy atom. The van der Waals surface area contributed by atoms with E-state index in [1.54, 1.807) is 0 Å². The monoisotopic (exact) mass is 360 g/mol. The van der Waals surface area contributed by atoms with Gasteiger partial charge in [0.25, 0.3) is 0 Å². The normalized spacial score (nSPS) is 23.3. The number of benzene rings is 2. The van der Waals surface area contributed by atoms with Crippen LogP contribution in [0.2, 0.25) is 10.0 Å². The molecular formula is C19H18Cl2N2O. The third-order valence-corrected chi connectivity index (χ3v) is 5.59. The number of carbonyl (C=O) groups is 1. The van der Waals surface area contributed by atoms with Crippen molar-refractivity contribution in [3.05, 3.63) is 63.6 Å². The van der Waals surface area contributed by atoms with E-state index in [0.717, 1.165) is 29.7 Å². The topological polar surface area (TPSA) is 41.1 Å². The summed E-state index contributed by atoms with van der Waals surface area (Å²) in [6.45, 7) is 2.06. The second-order valence-corrected chi connectivity index (χ2v) is 7.59. The highest BCUT2D eigenvalue weighted by Crippen LogP contribution is 2.46. The van der Waals surface area contributed by atoms with E-state index in [1.165, 1.54) is 0 Å². The molecule has 1 aliphatic carbocycles. The van der Waals surface area contributed by atoms with Crippen molar-refractivity contribution in [2.24, 2.45) is 0 Å². The molecule has 2 unspecified atom stereocenters. The standard InChI is InChI=1S/C19H18Cl2N2O/c1-11-15-10-14(21)6-7-16(15)22-17(11)18(24)23-19(8-9-19)12-2-4-13(20)5-3-12/h2-7,10-11,17,22H,8-9H2,1H3,(H,23,24). The van der Waals surface area contributed by atoms with Gasteiger partial charge in [-0.3, -0.25) is 4.79 Å². The quantitative estimate of drug-likeness (QED) is 0.832. The molecule has 1 fully saturated rings. The number of hydrogen-bond acceptors (Lipinski definition) is 2. The second kappa shape index (κ2) is 5.68. The van der Waals surface area contributed by atoms with Crippen molar-refractivity contribution < 1.29 is 4.79 Å². The lowest BCUT2D eigenvalue weighted by molar-refractivity contribution is -0.123. The van der Waals surface area contributed by atoms with Crippen LogP contribution in [0.1, 0.15) is 36.8 Å². The van der Waals surface area contributed by atoms with E-state index in [0.29, 0.717) is 10.0 Å². The number of carbonyl (C=O) groups excluding carboxylic acids is 1. The first-order valence-corrected chi connectivity index (χ1v) is 8.88. The van der Waals surface area contributed by atoms with Crippen LogP contribution in [0.3, 0.4) is 0 Å². The molecule has 1 saturated carbocycles. The maximum atomic E-state index is 12.9. The third-order valence-electron chi connectivity index (χ3n) is 5.11. The summed E-state index contributed by atoms with van der Waals surface area (Å²) in [5.74, 6) is 0.113. The molecule has 0 saturated heterocycles. The maximum Gasteiger partial charge on any atom is 0.243 e. The third kappa shape index (κ3) is 2.66. The molecule has 5 heteroatoms. The average Bonchev–Trinajstić information content (AvgIpc) is 3.26. The van der Waals surface area contributed by atoms with Crippen molar-refractivity contribution in [2.75, 3.05) is 5.32 Å². The summed E-state index contributed by atoms with van der Waals surface area (Å²) in [6, 6.07) is 13.2. The molecule has 3 nitrogen and oxygen atoms in total. The fourth-order valence-electron chi connectivity index (χ4n) is 3.50. The Morgan fingerprint density at radius 2 is 1.79 bits per heavy atom. The first-order chi connectivity index (χ1) is 11.5. The molecule has 0 spiro atoms. The van der Waals surface area contributed by atoms with Crippen LogP contribution in [0.25, 0.3) is 0 Å². The largest absolute Gasteiger partial charge is 0.373 e.